The summed E-state index contributed by atoms with van der Waals surface area (Å²) >= 11 is 0. The predicted molar refractivity (Wildman–Crippen MR) is 86.9 cm³/mol. The molecule has 1 amide bonds. The number of nitrogens with one attached hydrogen (secondary N) is 1. The van der Waals surface area contributed by atoms with Crippen LogP contribution in [0.3, 0.4) is 0 Å². The summed E-state index contributed by atoms with van der Waals surface area (Å²) in [6, 6.07) is 3.91. The second kappa shape index (κ2) is 10.3. The zero-order valence-electron chi connectivity index (χ0n) is 14.5. The smallest absolute Gasteiger partial charge is 0.303 e. The third kappa shape index (κ3) is 8.84. The molecule has 0 heterocycles. The molecule has 0 radical (unpaired) electrons. The van der Waals surface area contributed by atoms with Crippen molar-refractivity contribution < 1.29 is 14.7 Å². The van der Waals surface area contributed by atoms with Gasteiger partial charge in [0.2, 0.25) is 5.91 Å². The Morgan fingerprint density at radius 3 is 2.00 bits per heavy atom. The number of azo groups is 1. The first kappa shape index (κ1) is 21.5. The summed E-state index contributed by atoms with van der Waals surface area (Å²) in [6.45, 7) is 5.62. The highest BCUT2D eigenvalue weighted by Gasteiger charge is 2.29. The highest BCUT2D eigenvalue weighted by atomic mass is 16.4. The number of amides is 1. The summed E-state index contributed by atoms with van der Waals surface area (Å²) in [4.78, 5) is 22.3. The molecular formula is C16H25N5O3. The number of carboxylic acids is 1. The molecule has 24 heavy (non-hydrogen) atoms. The molecule has 0 rings (SSSR count). The third-order valence-electron chi connectivity index (χ3n) is 3.49. The number of unbranched alkanes of at least 4 members (excludes halogenated alkanes) is 1. The summed E-state index contributed by atoms with van der Waals surface area (Å²) in [5.41, 5.74) is -2.54. The van der Waals surface area contributed by atoms with Crippen LogP contribution in [0, 0.1) is 22.7 Å². The van der Waals surface area contributed by atoms with Crippen molar-refractivity contribution in [1.29, 1.82) is 10.5 Å². The van der Waals surface area contributed by atoms with Gasteiger partial charge in [-0.05, 0) is 33.1 Å². The Morgan fingerprint density at radius 2 is 1.58 bits per heavy atom. The minimum absolute atomic E-state index is 0.00134. The van der Waals surface area contributed by atoms with Crippen molar-refractivity contribution in [3.8, 4) is 12.1 Å². The average molecular weight is 335 g/mol. The van der Waals surface area contributed by atoms with Crippen LogP contribution in [0.25, 0.3) is 0 Å². The molecular weight excluding hydrogens is 310 g/mol. The van der Waals surface area contributed by atoms with Gasteiger partial charge in [0.25, 0.3) is 0 Å². The molecule has 0 spiro atoms. The normalized spacial score (nSPS) is 15.7. The van der Waals surface area contributed by atoms with Crippen LogP contribution in [-0.4, -0.2) is 34.6 Å². The fourth-order valence-corrected chi connectivity index (χ4v) is 1.68. The third-order valence-corrected chi connectivity index (χ3v) is 3.49. The topological polar surface area (TPSA) is 139 Å². The first-order valence-electron chi connectivity index (χ1n) is 7.95. The molecule has 8 heteroatoms. The molecule has 132 valence electrons. The maximum atomic E-state index is 11.7. The number of rotatable bonds is 11. The Bertz CT molecular complexity index is 549. The van der Waals surface area contributed by atoms with Gasteiger partial charge in [-0.1, -0.05) is 13.3 Å². The van der Waals surface area contributed by atoms with Crippen LogP contribution in [0.5, 0.6) is 0 Å². The van der Waals surface area contributed by atoms with Gasteiger partial charge in [-0.25, -0.2) is 0 Å². The van der Waals surface area contributed by atoms with Crippen molar-refractivity contribution in [3.63, 3.8) is 0 Å². The van der Waals surface area contributed by atoms with Crippen LogP contribution >= 0.6 is 0 Å². The van der Waals surface area contributed by atoms with Gasteiger partial charge in [0.05, 0.1) is 12.1 Å². The molecule has 0 fully saturated rings. The molecule has 0 saturated heterocycles. The maximum absolute atomic E-state index is 11.7. The second-order valence-electron chi connectivity index (χ2n) is 6.07. The summed E-state index contributed by atoms with van der Waals surface area (Å²) in [6.07, 6.45) is 1.96. The summed E-state index contributed by atoms with van der Waals surface area (Å²) in [5.74, 6) is -1.19. The van der Waals surface area contributed by atoms with Crippen molar-refractivity contribution in [2.45, 2.75) is 70.4 Å². The summed E-state index contributed by atoms with van der Waals surface area (Å²) in [5, 5.41) is 37.7. The largest absolute Gasteiger partial charge is 0.481 e. The highest BCUT2D eigenvalue weighted by molar-refractivity contribution is 5.76. The molecule has 2 atom stereocenters. The van der Waals surface area contributed by atoms with E-state index in [9.17, 15) is 14.9 Å². The first-order valence-corrected chi connectivity index (χ1v) is 7.95. The molecule has 0 bridgehead atoms. The monoisotopic (exact) mass is 335 g/mol. The zero-order chi connectivity index (χ0) is 18.6. The number of carboxylic acid groups (broad SMARTS) is 1. The van der Waals surface area contributed by atoms with Crippen molar-refractivity contribution in [2.24, 2.45) is 10.2 Å². The number of carbonyl (C=O) groups is 2. The maximum Gasteiger partial charge on any atom is 0.303 e. The molecule has 2 N–H and O–H groups in total. The van der Waals surface area contributed by atoms with Gasteiger partial charge >= 0.3 is 5.97 Å². The highest BCUT2D eigenvalue weighted by Crippen LogP contribution is 2.23. The van der Waals surface area contributed by atoms with E-state index in [0.29, 0.717) is 6.54 Å². The Kier molecular flexibility index (Phi) is 9.26. The van der Waals surface area contributed by atoms with Crippen LogP contribution in [0.15, 0.2) is 10.2 Å². The first-order chi connectivity index (χ1) is 11.2. The van der Waals surface area contributed by atoms with Crippen LogP contribution < -0.4 is 5.32 Å². The van der Waals surface area contributed by atoms with E-state index in [1.807, 2.05) is 19.1 Å². The number of hydrogen-bond acceptors (Lipinski definition) is 6. The van der Waals surface area contributed by atoms with Crippen LogP contribution in [-0.2, 0) is 9.59 Å². The molecule has 2 unspecified atom stereocenters. The Labute approximate surface area is 142 Å². The molecule has 0 saturated carbocycles. The van der Waals surface area contributed by atoms with E-state index in [2.05, 4.69) is 15.5 Å². The minimum atomic E-state index is -1.31. The van der Waals surface area contributed by atoms with Gasteiger partial charge in [0.15, 0.2) is 11.1 Å². The molecule has 0 aromatic carbocycles. The number of nitrogens with zero attached hydrogens (tertiary/aromatic N) is 4. The van der Waals surface area contributed by atoms with Crippen LogP contribution in [0.2, 0.25) is 0 Å². The molecule has 0 aliphatic heterocycles. The Morgan fingerprint density at radius 1 is 1.08 bits per heavy atom. The van der Waals surface area contributed by atoms with E-state index < -0.39 is 17.0 Å². The molecule has 0 aliphatic carbocycles. The molecule has 0 aliphatic rings. The lowest BCUT2D eigenvalue weighted by Crippen LogP contribution is -2.29. The number of hydrogen-bond donors (Lipinski definition) is 2. The standard InChI is InChI=1S/C16H25N5O3/c1-4-5-10-19-13(22)6-8-15(2,11-17)20-21-16(3,12-18)9-7-14(23)24/h4-10H2,1-3H3,(H,19,22)(H,23,24). The Balaban J connectivity index is 4.74. The van der Waals surface area contributed by atoms with Gasteiger partial charge in [0, 0.05) is 19.4 Å². The lowest BCUT2D eigenvalue weighted by atomic mass is 9.97. The van der Waals surface area contributed by atoms with E-state index >= 15 is 0 Å². The van der Waals surface area contributed by atoms with Gasteiger partial charge in [-0.3, -0.25) is 9.59 Å². The SMILES string of the molecule is CCCCNC(=O)CCC(C)(C#N)N=NC(C)(C#N)CCC(=O)O. The van der Waals surface area contributed by atoms with E-state index in [1.165, 1.54) is 13.8 Å². The van der Waals surface area contributed by atoms with E-state index in [-0.39, 0.29) is 31.6 Å². The summed E-state index contributed by atoms with van der Waals surface area (Å²) < 4.78 is 0. The quantitative estimate of drug-likeness (QED) is 0.441. The minimum Gasteiger partial charge on any atom is -0.481 e. The van der Waals surface area contributed by atoms with Crippen molar-refractivity contribution in [3.05, 3.63) is 0 Å². The van der Waals surface area contributed by atoms with E-state index in [1.54, 1.807) is 0 Å². The van der Waals surface area contributed by atoms with Crippen molar-refractivity contribution in [1.82, 2.24) is 5.32 Å². The predicted octanol–water partition coefficient (Wildman–Crippen LogP) is 2.56. The van der Waals surface area contributed by atoms with Crippen molar-refractivity contribution >= 4 is 11.9 Å². The van der Waals surface area contributed by atoms with Crippen LogP contribution in [0.4, 0.5) is 0 Å². The second-order valence-corrected chi connectivity index (χ2v) is 6.07. The Hall–Kier alpha value is -2.48. The fraction of sp³-hybridized carbons (Fsp3) is 0.750. The van der Waals surface area contributed by atoms with E-state index in [0.717, 1.165) is 12.8 Å². The van der Waals surface area contributed by atoms with Gasteiger partial charge in [0.1, 0.15) is 0 Å². The van der Waals surface area contributed by atoms with Gasteiger partial charge < -0.3 is 10.4 Å². The van der Waals surface area contributed by atoms with Gasteiger partial charge in [-0.15, -0.1) is 0 Å². The summed E-state index contributed by atoms with van der Waals surface area (Å²) in [7, 11) is 0. The number of carbonyl (C=O) groups excluding carboxylic acids is 1. The lowest BCUT2D eigenvalue weighted by Gasteiger charge is -2.19. The van der Waals surface area contributed by atoms with Gasteiger partial charge in [-0.2, -0.15) is 20.8 Å². The average Bonchev–Trinajstić information content (AvgIpc) is 2.56. The number of nitriles is 2. The van der Waals surface area contributed by atoms with E-state index in [4.69, 9.17) is 10.4 Å². The number of aliphatic carboxylic acids is 1. The lowest BCUT2D eigenvalue weighted by molar-refractivity contribution is -0.137. The van der Waals surface area contributed by atoms with Crippen molar-refractivity contribution in [2.75, 3.05) is 6.54 Å². The zero-order valence-corrected chi connectivity index (χ0v) is 14.5. The molecule has 0 aromatic rings. The fourth-order valence-electron chi connectivity index (χ4n) is 1.68. The molecule has 0 aromatic heterocycles. The van der Waals surface area contributed by atoms with Crippen LogP contribution in [0.1, 0.15) is 59.3 Å². The molecule has 8 nitrogen and oxygen atoms in total.